The molecule has 0 spiro atoms. The molecule has 0 aliphatic carbocycles. The number of halogens is 3. The minimum Gasteiger partial charge on any atom is -0.493 e. The maximum Gasteiger partial charge on any atom is 0.420 e. The lowest BCUT2D eigenvalue weighted by atomic mass is 10.1. The quantitative estimate of drug-likeness (QED) is 0.274. The van der Waals surface area contributed by atoms with Crippen LogP contribution in [0.5, 0.6) is 5.75 Å². The van der Waals surface area contributed by atoms with Gasteiger partial charge in [-0.3, -0.25) is 4.79 Å². The van der Waals surface area contributed by atoms with Crippen molar-refractivity contribution in [3.8, 4) is 5.75 Å². The van der Waals surface area contributed by atoms with Crippen molar-refractivity contribution in [1.82, 2.24) is 5.32 Å². The van der Waals surface area contributed by atoms with Crippen LogP contribution in [0.3, 0.4) is 0 Å². The average Bonchev–Trinajstić information content (AvgIpc) is 2.72. The van der Waals surface area contributed by atoms with Crippen LogP contribution in [0.15, 0.2) is 18.2 Å². The number of anilines is 1. The number of alkyl halides is 3. The van der Waals surface area contributed by atoms with E-state index in [1.165, 1.54) is 31.4 Å². The molecule has 6 nitrogen and oxygen atoms in total. The van der Waals surface area contributed by atoms with Gasteiger partial charge in [-0.1, -0.05) is 45.4 Å². The van der Waals surface area contributed by atoms with Crippen molar-refractivity contribution < 1.29 is 32.2 Å². The van der Waals surface area contributed by atoms with Crippen LogP contribution < -0.4 is 15.4 Å². The van der Waals surface area contributed by atoms with E-state index in [1.807, 2.05) is 0 Å². The van der Waals surface area contributed by atoms with Gasteiger partial charge in [-0.25, -0.2) is 4.79 Å². The number of carbonyl (C=O) groups is 2. The molecular weight excluding hydrogens is 449 g/mol. The third kappa shape index (κ3) is 13.3. The van der Waals surface area contributed by atoms with Crippen LogP contribution in [0, 0.1) is 0 Å². The molecule has 34 heavy (non-hydrogen) atoms. The van der Waals surface area contributed by atoms with Crippen LogP contribution in [0.4, 0.5) is 23.7 Å². The Kier molecular flexibility index (Phi) is 12.8. The van der Waals surface area contributed by atoms with E-state index in [1.54, 1.807) is 20.8 Å². The Labute approximate surface area is 201 Å². The fourth-order valence-corrected chi connectivity index (χ4v) is 3.17. The molecule has 0 saturated heterocycles. The second kappa shape index (κ2) is 14.7. The maximum absolute atomic E-state index is 13.5. The summed E-state index contributed by atoms with van der Waals surface area (Å²) in [5.41, 5.74) is -1.50. The third-order valence-corrected chi connectivity index (χ3v) is 4.82. The molecule has 0 unspecified atom stereocenters. The molecule has 0 radical (unpaired) electrons. The lowest BCUT2D eigenvalue weighted by molar-refractivity contribution is -0.139. The molecule has 1 rings (SSSR count). The van der Waals surface area contributed by atoms with Crippen LogP contribution >= 0.6 is 0 Å². The summed E-state index contributed by atoms with van der Waals surface area (Å²) >= 11 is 0. The molecule has 2 amide bonds. The van der Waals surface area contributed by atoms with Gasteiger partial charge in [0, 0.05) is 18.7 Å². The van der Waals surface area contributed by atoms with Crippen molar-refractivity contribution in [1.29, 1.82) is 0 Å². The Morgan fingerprint density at radius 1 is 0.941 bits per heavy atom. The summed E-state index contributed by atoms with van der Waals surface area (Å²) in [6.07, 6.45) is 2.51. The molecule has 2 N–H and O–H groups in total. The SMILES string of the molecule is CCCCCCCCCOc1ccc(NC(=O)CCCNC(=O)OC(C)(C)C)cc1C(F)(F)F. The highest BCUT2D eigenvalue weighted by atomic mass is 19.4. The maximum atomic E-state index is 13.5. The molecule has 0 atom stereocenters. The minimum atomic E-state index is -4.60. The number of ether oxygens (including phenoxy) is 2. The highest BCUT2D eigenvalue weighted by Gasteiger charge is 2.35. The molecular formula is C25H39F3N2O4. The van der Waals surface area contributed by atoms with Crippen LogP contribution in [0.25, 0.3) is 0 Å². The van der Waals surface area contributed by atoms with Crippen molar-refractivity contribution in [3.05, 3.63) is 23.8 Å². The van der Waals surface area contributed by atoms with E-state index in [0.29, 0.717) is 12.8 Å². The minimum absolute atomic E-state index is 0.0354. The molecule has 0 saturated carbocycles. The van der Waals surface area contributed by atoms with E-state index in [2.05, 4.69) is 17.6 Å². The monoisotopic (exact) mass is 488 g/mol. The van der Waals surface area contributed by atoms with Crippen LogP contribution in [0.1, 0.15) is 91.0 Å². The van der Waals surface area contributed by atoms with Crippen LogP contribution in [-0.4, -0.2) is 30.8 Å². The molecule has 1 aromatic rings. The zero-order valence-corrected chi connectivity index (χ0v) is 20.8. The molecule has 0 aromatic heterocycles. The van der Waals surface area contributed by atoms with Crippen LogP contribution in [0.2, 0.25) is 0 Å². The zero-order valence-electron chi connectivity index (χ0n) is 20.8. The molecule has 0 aliphatic heterocycles. The van der Waals surface area contributed by atoms with E-state index in [-0.39, 0.29) is 31.0 Å². The Balaban J connectivity index is 2.49. The average molecular weight is 489 g/mol. The van der Waals surface area contributed by atoms with Gasteiger partial charge >= 0.3 is 12.3 Å². The smallest absolute Gasteiger partial charge is 0.420 e. The normalized spacial score (nSPS) is 11.7. The summed E-state index contributed by atoms with van der Waals surface area (Å²) in [5.74, 6) is -0.686. The van der Waals surface area contributed by atoms with Gasteiger partial charge in [0.2, 0.25) is 5.91 Å². The predicted molar refractivity (Wildman–Crippen MR) is 127 cm³/mol. The summed E-state index contributed by atoms with van der Waals surface area (Å²) in [6, 6.07) is 3.52. The highest BCUT2D eigenvalue weighted by Crippen LogP contribution is 2.38. The second-order valence-electron chi connectivity index (χ2n) is 9.26. The molecule has 0 aliphatic rings. The van der Waals surface area contributed by atoms with Gasteiger partial charge in [0.1, 0.15) is 11.4 Å². The predicted octanol–water partition coefficient (Wildman–Crippen LogP) is 7.08. The number of nitrogens with one attached hydrogen (secondary N) is 2. The first-order valence-electron chi connectivity index (χ1n) is 12.0. The topological polar surface area (TPSA) is 76.7 Å². The van der Waals surface area contributed by atoms with Crippen molar-refractivity contribution in [2.45, 2.75) is 97.3 Å². The Morgan fingerprint density at radius 3 is 2.21 bits per heavy atom. The fraction of sp³-hybridized carbons (Fsp3) is 0.680. The number of hydrogen-bond donors (Lipinski definition) is 2. The standard InChI is InChI=1S/C25H39F3N2O4/c1-5-6-7-8-9-10-11-17-33-21-15-14-19(18-20(21)25(26,27)28)30-22(31)13-12-16-29-23(32)34-24(2,3)4/h14-15,18H,5-13,16-17H2,1-4H3,(H,29,32)(H,30,31). The van der Waals surface area contributed by atoms with E-state index in [0.717, 1.165) is 25.3 Å². The molecule has 0 bridgehead atoms. The molecule has 0 heterocycles. The van der Waals surface area contributed by atoms with Crippen molar-refractivity contribution in [2.24, 2.45) is 0 Å². The summed E-state index contributed by atoms with van der Waals surface area (Å²) in [6.45, 7) is 7.79. The van der Waals surface area contributed by atoms with E-state index < -0.39 is 29.3 Å². The van der Waals surface area contributed by atoms with Crippen molar-refractivity contribution in [2.75, 3.05) is 18.5 Å². The number of rotatable bonds is 14. The second-order valence-corrected chi connectivity index (χ2v) is 9.26. The largest absolute Gasteiger partial charge is 0.493 e. The van der Waals surface area contributed by atoms with Gasteiger partial charge in [0.05, 0.1) is 12.2 Å². The van der Waals surface area contributed by atoms with Crippen LogP contribution in [-0.2, 0) is 15.7 Å². The molecule has 9 heteroatoms. The van der Waals surface area contributed by atoms with E-state index in [9.17, 15) is 22.8 Å². The number of unbranched alkanes of at least 4 members (excludes halogenated alkanes) is 6. The van der Waals surface area contributed by atoms with Gasteiger partial charge in [0.15, 0.2) is 0 Å². The Bertz CT molecular complexity index is 762. The number of alkyl carbamates (subject to hydrolysis) is 1. The highest BCUT2D eigenvalue weighted by molar-refractivity contribution is 5.90. The Morgan fingerprint density at radius 2 is 1.59 bits per heavy atom. The van der Waals surface area contributed by atoms with Gasteiger partial charge in [-0.2, -0.15) is 13.2 Å². The van der Waals surface area contributed by atoms with E-state index >= 15 is 0 Å². The fourth-order valence-electron chi connectivity index (χ4n) is 3.17. The van der Waals surface area contributed by atoms with Gasteiger partial charge in [-0.15, -0.1) is 0 Å². The number of amides is 2. The molecule has 1 aromatic carbocycles. The zero-order chi connectivity index (χ0) is 25.6. The first-order valence-corrected chi connectivity index (χ1v) is 12.0. The molecule has 194 valence electrons. The molecule has 0 fully saturated rings. The van der Waals surface area contributed by atoms with Gasteiger partial charge in [-0.05, 0) is 51.8 Å². The summed E-state index contributed by atoms with van der Waals surface area (Å²) < 4.78 is 51.0. The Hall–Kier alpha value is -2.45. The summed E-state index contributed by atoms with van der Waals surface area (Å²) in [5, 5.41) is 5.00. The van der Waals surface area contributed by atoms with E-state index in [4.69, 9.17) is 9.47 Å². The number of benzene rings is 1. The third-order valence-electron chi connectivity index (χ3n) is 4.82. The van der Waals surface area contributed by atoms with Gasteiger partial charge in [0.25, 0.3) is 0 Å². The lowest BCUT2D eigenvalue weighted by Crippen LogP contribution is -2.33. The van der Waals surface area contributed by atoms with Crippen molar-refractivity contribution >= 4 is 17.7 Å². The number of carbonyl (C=O) groups excluding carboxylic acids is 2. The van der Waals surface area contributed by atoms with Gasteiger partial charge < -0.3 is 20.1 Å². The first-order chi connectivity index (χ1) is 15.9. The van der Waals surface area contributed by atoms with Crippen molar-refractivity contribution in [3.63, 3.8) is 0 Å². The summed E-state index contributed by atoms with van der Waals surface area (Å²) in [7, 11) is 0. The number of hydrogen-bond acceptors (Lipinski definition) is 4. The lowest BCUT2D eigenvalue weighted by Gasteiger charge is -2.19. The first kappa shape index (κ1) is 29.6. The summed E-state index contributed by atoms with van der Waals surface area (Å²) in [4.78, 5) is 23.7.